The molecular weight excluding hydrogens is 156 g/mol. The summed E-state index contributed by atoms with van der Waals surface area (Å²) in [6.07, 6.45) is 2.33. The van der Waals surface area contributed by atoms with Crippen molar-refractivity contribution in [2.24, 2.45) is 11.5 Å². The Morgan fingerprint density at radius 3 is 2.00 bits per heavy atom. The van der Waals surface area contributed by atoms with E-state index in [1.807, 2.05) is 0 Å². The van der Waals surface area contributed by atoms with Crippen molar-refractivity contribution in [3.05, 3.63) is 12.2 Å². The van der Waals surface area contributed by atoms with Crippen LogP contribution in [0.2, 0.25) is 0 Å². The molecule has 0 aromatic heterocycles. The Balaban J connectivity index is 4.76. The Labute approximate surface area is 59.5 Å². The van der Waals surface area contributed by atoms with E-state index in [-0.39, 0.29) is 0 Å². The van der Waals surface area contributed by atoms with Crippen LogP contribution in [0.5, 0.6) is 0 Å². The van der Waals surface area contributed by atoms with Crippen molar-refractivity contribution in [3.63, 3.8) is 0 Å². The first-order valence-corrected chi connectivity index (χ1v) is 3.94. The highest BCUT2D eigenvalue weighted by Gasteiger charge is 2.30. The summed E-state index contributed by atoms with van der Waals surface area (Å²) in [6, 6.07) is 0. The van der Waals surface area contributed by atoms with Crippen molar-refractivity contribution >= 4 is 10.1 Å². The summed E-state index contributed by atoms with van der Waals surface area (Å²) in [5, 5.41) is 0. The predicted octanol–water partition coefficient (Wildman–Crippen LogP) is -0.978. The molecule has 0 heterocycles. The molecule has 0 aliphatic carbocycles. The maximum absolute atomic E-state index is 10.3. The van der Waals surface area contributed by atoms with Gasteiger partial charge in [0.1, 0.15) is 0 Å². The molecule has 0 radical (unpaired) electrons. The Morgan fingerprint density at radius 2 is 1.90 bits per heavy atom. The van der Waals surface area contributed by atoms with Crippen molar-refractivity contribution in [1.29, 1.82) is 0 Å². The van der Waals surface area contributed by atoms with Gasteiger partial charge in [-0.3, -0.25) is 16.0 Å². The summed E-state index contributed by atoms with van der Waals surface area (Å²) in [4.78, 5) is -2.16. The molecule has 0 bridgehead atoms. The lowest BCUT2D eigenvalue weighted by molar-refractivity contribution is 0.450. The van der Waals surface area contributed by atoms with Crippen LogP contribution in [-0.2, 0) is 10.1 Å². The average molecular weight is 166 g/mol. The first-order chi connectivity index (χ1) is 4.31. The Hall–Kier alpha value is -0.430. The summed E-state index contributed by atoms with van der Waals surface area (Å²) in [7, 11) is -4.40. The number of hydrogen-bond acceptors (Lipinski definition) is 4. The van der Waals surface area contributed by atoms with Gasteiger partial charge in [0.25, 0.3) is 0 Å². The minimum absolute atomic E-state index is 0.988. The number of rotatable bonds is 2. The van der Waals surface area contributed by atoms with Crippen LogP contribution < -0.4 is 11.5 Å². The molecule has 0 rings (SSSR count). The fourth-order valence-electron chi connectivity index (χ4n) is 0.346. The second-order valence-corrected chi connectivity index (χ2v) is 3.49. The van der Waals surface area contributed by atoms with E-state index in [1.54, 1.807) is 6.92 Å². The smallest absolute Gasteiger partial charge is 0.295 e. The van der Waals surface area contributed by atoms with E-state index >= 15 is 0 Å². The maximum atomic E-state index is 10.3. The number of hydrogen-bond donors (Lipinski definition) is 3. The molecule has 0 fully saturated rings. The van der Waals surface area contributed by atoms with Crippen molar-refractivity contribution in [1.82, 2.24) is 0 Å². The van der Waals surface area contributed by atoms with Gasteiger partial charge < -0.3 is 0 Å². The second kappa shape index (κ2) is 2.67. The fourth-order valence-corrected chi connectivity index (χ4v) is 0.655. The highest BCUT2D eigenvalue weighted by Crippen LogP contribution is 2.01. The average Bonchev–Trinajstić information content (AvgIpc) is 1.61. The molecule has 0 amide bonds. The molecule has 0 aliphatic heterocycles. The highest BCUT2D eigenvalue weighted by atomic mass is 32.2. The van der Waals surface area contributed by atoms with Gasteiger partial charge in [-0.2, -0.15) is 8.42 Å². The van der Waals surface area contributed by atoms with Crippen LogP contribution in [0.4, 0.5) is 0 Å². The third kappa shape index (κ3) is 2.07. The zero-order chi connectivity index (χ0) is 8.41. The minimum atomic E-state index is -4.40. The van der Waals surface area contributed by atoms with Crippen LogP contribution in [0.1, 0.15) is 6.92 Å². The lowest BCUT2D eigenvalue weighted by atomic mass is 10.4. The van der Waals surface area contributed by atoms with Gasteiger partial charge in [0, 0.05) is 0 Å². The predicted molar refractivity (Wildman–Crippen MR) is 37.5 cm³/mol. The number of nitrogens with two attached hydrogens (primary N) is 2. The molecular formula is C4H10N2O3S. The molecule has 10 heavy (non-hydrogen) atoms. The summed E-state index contributed by atoms with van der Waals surface area (Å²) in [5.74, 6) is 0. The van der Waals surface area contributed by atoms with Gasteiger partial charge in [0.15, 0.2) is 0 Å². The van der Waals surface area contributed by atoms with Gasteiger partial charge >= 0.3 is 10.1 Å². The van der Waals surface area contributed by atoms with E-state index < -0.39 is 15.1 Å². The molecule has 0 unspecified atom stereocenters. The summed E-state index contributed by atoms with van der Waals surface area (Å²) in [6.45, 7) is 1.54. The van der Waals surface area contributed by atoms with Crippen molar-refractivity contribution in [2.75, 3.05) is 0 Å². The Morgan fingerprint density at radius 1 is 1.50 bits per heavy atom. The van der Waals surface area contributed by atoms with Gasteiger partial charge in [-0.25, -0.2) is 0 Å². The Kier molecular flexibility index (Phi) is 2.55. The Bertz CT molecular complexity index is 229. The third-order valence-corrected chi connectivity index (χ3v) is 1.90. The van der Waals surface area contributed by atoms with Crippen molar-refractivity contribution in [2.45, 2.75) is 11.9 Å². The van der Waals surface area contributed by atoms with Crippen molar-refractivity contribution in [3.8, 4) is 0 Å². The van der Waals surface area contributed by atoms with Gasteiger partial charge in [-0.05, 0) is 13.0 Å². The minimum Gasteiger partial charge on any atom is -0.295 e. The summed E-state index contributed by atoms with van der Waals surface area (Å²) < 4.78 is 28.9. The van der Waals surface area contributed by atoms with Crippen LogP contribution in [0.15, 0.2) is 12.2 Å². The fraction of sp³-hybridized carbons (Fsp3) is 0.500. The van der Waals surface area contributed by atoms with E-state index in [4.69, 9.17) is 16.0 Å². The maximum Gasteiger partial charge on any atom is 0.301 e. The van der Waals surface area contributed by atoms with Crippen LogP contribution in [0.3, 0.4) is 0 Å². The SMILES string of the molecule is CC=CC(N)(N)S(=O)(=O)O. The molecule has 6 heteroatoms. The quantitative estimate of drug-likeness (QED) is 0.278. The first-order valence-electron chi connectivity index (χ1n) is 2.50. The van der Waals surface area contributed by atoms with Crippen molar-refractivity contribution < 1.29 is 13.0 Å². The monoisotopic (exact) mass is 166 g/mol. The molecule has 0 saturated carbocycles. The molecule has 5 nitrogen and oxygen atoms in total. The lowest BCUT2D eigenvalue weighted by Crippen LogP contribution is -2.54. The standard InChI is InChI=1S/C4H10N2O3S/c1-2-3-4(5,6)10(7,8)9/h2-3H,5-6H2,1H3,(H,7,8,9). The zero-order valence-corrected chi connectivity index (χ0v) is 6.30. The molecule has 0 spiro atoms. The topological polar surface area (TPSA) is 106 Å². The van der Waals surface area contributed by atoms with E-state index in [0.717, 1.165) is 6.08 Å². The molecule has 60 valence electrons. The molecule has 0 saturated heterocycles. The summed E-state index contributed by atoms with van der Waals surface area (Å²) in [5.41, 5.74) is 9.91. The van der Waals surface area contributed by atoms with Gasteiger partial charge in [-0.1, -0.05) is 6.08 Å². The van der Waals surface area contributed by atoms with E-state index in [2.05, 4.69) is 0 Å². The second-order valence-electron chi connectivity index (χ2n) is 1.83. The number of allylic oxidation sites excluding steroid dienone is 1. The zero-order valence-electron chi connectivity index (χ0n) is 5.48. The largest absolute Gasteiger partial charge is 0.301 e. The molecule has 0 aliphatic rings. The van der Waals surface area contributed by atoms with Crippen LogP contribution >= 0.6 is 0 Å². The normalized spacial score (nSPS) is 14.4. The lowest BCUT2D eigenvalue weighted by Gasteiger charge is -2.14. The van der Waals surface area contributed by atoms with Gasteiger partial charge in [0.05, 0.1) is 0 Å². The highest BCUT2D eigenvalue weighted by molar-refractivity contribution is 7.87. The van der Waals surface area contributed by atoms with Crippen LogP contribution in [0, 0.1) is 0 Å². The molecule has 0 atom stereocenters. The van der Waals surface area contributed by atoms with Gasteiger partial charge in [-0.15, -0.1) is 0 Å². The van der Waals surface area contributed by atoms with Crippen LogP contribution in [-0.4, -0.2) is 18.0 Å². The van der Waals surface area contributed by atoms with Gasteiger partial charge in [0.2, 0.25) is 4.99 Å². The van der Waals surface area contributed by atoms with E-state index in [0.29, 0.717) is 0 Å². The van der Waals surface area contributed by atoms with E-state index in [1.165, 1.54) is 6.08 Å². The molecule has 0 aromatic carbocycles. The van der Waals surface area contributed by atoms with E-state index in [9.17, 15) is 8.42 Å². The molecule has 5 N–H and O–H groups in total. The first kappa shape index (κ1) is 9.57. The summed E-state index contributed by atoms with van der Waals surface area (Å²) >= 11 is 0. The molecule has 0 aromatic rings. The third-order valence-electron chi connectivity index (χ3n) is 0.874. The van der Waals surface area contributed by atoms with Crippen LogP contribution in [0.25, 0.3) is 0 Å².